The van der Waals surface area contributed by atoms with Crippen molar-refractivity contribution in [1.29, 1.82) is 0 Å². The summed E-state index contributed by atoms with van der Waals surface area (Å²) >= 11 is 0. The first kappa shape index (κ1) is 24.9. The SMILES string of the molecule is CCOCC(O)CN(CCOC)Cc1c(C)nn(-c2ccccc2)c1Oc1ccccc1F. The molecule has 3 aromatic rings. The number of aliphatic hydroxyl groups excluding tert-OH is 1. The normalized spacial score (nSPS) is 12.3. The van der Waals surface area contributed by atoms with Gasteiger partial charge < -0.3 is 19.3 Å². The first-order chi connectivity index (χ1) is 16.0. The van der Waals surface area contributed by atoms with Crippen molar-refractivity contribution in [3.63, 3.8) is 0 Å². The Morgan fingerprint density at radius 3 is 2.55 bits per heavy atom. The zero-order chi connectivity index (χ0) is 23.6. The molecule has 0 bridgehead atoms. The molecule has 3 rings (SSSR count). The predicted molar refractivity (Wildman–Crippen MR) is 124 cm³/mol. The molecule has 1 atom stereocenters. The third-order valence-electron chi connectivity index (χ3n) is 5.16. The molecule has 8 heteroatoms. The second kappa shape index (κ2) is 12.5. The lowest BCUT2D eigenvalue weighted by Crippen LogP contribution is -2.36. The van der Waals surface area contributed by atoms with Crippen molar-refractivity contribution in [3.8, 4) is 17.3 Å². The molecule has 1 heterocycles. The number of ether oxygens (including phenoxy) is 3. The topological polar surface area (TPSA) is 69.0 Å². The van der Waals surface area contributed by atoms with Gasteiger partial charge in [0, 0.05) is 33.4 Å². The molecule has 0 amide bonds. The number of rotatable bonds is 13. The number of aliphatic hydroxyl groups is 1. The van der Waals surface area contributed by atoms with Crippen molar-refractivity contribution < 1.29 is 23.7 Å². The van der Waals surface area contributed by atoms with Crippen LogP contribution in [0.3, 0.4) is 0 Å². The first-order valence-electron chi connectivity index (χ1n) is 11.1. The minimum atomic E-state index is -0.651. The van der Waals surface area contributed by atoms with Gasteiger partial charge in [0.15, 0.2) is 11.6 Å². The quantitative estimate of drug-likeness (QED) is 0.419. The summed E-state index contributed by atoms with van der Waals surface area (Å²) in [7, 11) is 1.64. The van der Waals surface area contributed by atoms with Crippen LogP contribution in [-0.4, -0.2) is 65.9 Å². The Morgan fingerprint density at radius 1 is 1.12 bits per heavy atom. The average Bonchev–Trinajstić information content (AvgIpc) is 3.13. The molecule has 0 fully saturated rings. The number of hydrogen-bond acceptors (Lipinski definition) is 6. The second-order valence-corrected chi connectivity index (χ2v) is 7.69. The molecule has 0 aliphatic carbocycles. The van der Waals surface area contributed by atoms with Crippen molar-refractivity contribution >= 4 is 0 Å². The molecule has 7 nitrogen and oxygen atoms in total. The van der Waals surface area contributed by atoms with Crippen LogP contribution in [0.2, 0.25) is 0 Å². The van der Waals surface area contributed by atoms with Crippen LogP contribution in [0.5, 0.6) is 11.6 Å². The number of hydrogen-bond donors (Lipinski definition) is 1. The first-order valence-corrected chi connectivity index (χ1v) is 11.1. The number of para-hydroxylation sites is 2. The van der Waals surface area contributed by atoms with E-state index >= 15 is 0 Å². The van der Waals surface area contributed by atoms with Crippen LogP contribution < -0.4 is 4.74 Å². The molecule has 0 aliphatic heterocycles. The maximum absolute atomic E-state index is 14.4. The highest BCUT2D eigenvalue weighted by molar-refractivity contribution is 5.43. The summed E-state index contributed by atoms with van der Waals surface area (Å²) in [5.74, 6) is 0.103. The van der Waals surface area contributed by atoms with Gasteiger partial charge in [-0.1, -0.05) is 30.3 Å². The predicted octanol–water partition coefficient (Wildman–Crippen LogP) is 3.96. The molecule has 0 saturated carbocycles. The van der Waals surface area contributed by atoms with E-state index in [0.29, 0.717) is 38.7 Å². The monoisotopic (exact) mass is 457 g/mol. The average molecular weight is 458 g/mol. The molecule has 0 saturated heterocycles. The van der Waals surface area contributed by atoms with Crippen LogP contribution in [0.4, 0.5) is 4.39 Å². The fraction of sp³-hybridized carbons (Fsp3) is 0.400. The summed E-state index contributed by atoms with van der Waals surface area (Å²) in [6.07, 6.45) is -0.651. The molecule has 33 heavy (non-hydrogen) atoms. The maximum Gasteiger partial charge on any atom is 0.227 e. The van der Waals surface area contributed by atoms with Gasteiger partial charge >= 0.3 is 0 Å². The molecule has 178 valence electrons. The minimum absolute atomic E-state index is 0.121. The Morgan fingerprint density at radius 2 is 1.85 bits per heavy atom. The highest BCUT2D eigenvalue weighted by atomic mass is 19.1. The van der Waals surface area contributed by atoms with E-state index in [4.69, 9.17) is 19.3 Å². The zero-order valence-corrected chi connectivity index (χ0v) is 19.4. The van der Waals surface area contributed by atoms with Gasteiger partial charge in [-0.25, -0.2) is 9.07 Å². The summed E-state index contributed by atoms with van der Waals surface area (Å²) in [6.45, 7) is 6.50. The van der Waals surface area contributed by atoms with Crippen LogP contribution in [0, 0.1) is 12.7 Å². The Bertz CT molecular complexity index is 997. The summed E-state index contributed by atoms with van der Waals surface area (Å²) in [5.41, 5.74) is 2.37. The van der Waals surface area contributed by atoms with E-state index in [0.717, 1.165) is 16.9 Å². The standard InChI is InChI=1S/C25H32FN3O4/c1-4-32-18-21(30)16-28(14-15-31-3)17-22-19(2)27-29(20-10-6-5-7-11-20)25(22)33-24-13-9-8-12-23(24)26/h5-13,21,30H,4,14-18H2,1-3H3. The van der Waals surface area contributed by atoms with E-state index in [9.17, 15) is 9.50 Å². The largest absolute Gasteiger partial charge is 0.435 e. The van der Waals surface area contributed by atoms with Gasteiger partial charge in [-0.3, -0.25) is 4.90 Å². The molecule has 1 unspecified atom stereocenters. The fourth-order valence-corrected chi connectivity index (χ4v) is 3.48. The summed E-state index contributed by atoms with van der Waals surface area (Å²) in [6, 6.07) is 15.9. The van der Waals surface area contributed by atoms with Crippen LogP contribution >= 0.6 is 0 Å². The third kappa shape index (κ3) is 6.85. The second-order valence-electron chi connectivity index (χ2n) is 7.69. The number of methoxy groups -OCH3 is 1. The maximum atomic E-state index is 14.4. The zero-order valence-electron chi connectivity index (χ0n) is 19.4. The van der Waals surface area contributed by atoms with Gasteiger partial charge in [0.2, 0.25) is 5.88 Å². The molecule has 0 aliphatic rings. The number of benzene rings is 2. The lowest BCUT2D eigenvalue weighted by molar-refractivity contribution is 0.0147. The van der Waals surface area contributed by atoms with Gasteiger partial charge in [0.1, 0.15) is 0 Å². The summed E-state index contributed by atoms with van der Waals surface area (Å²) in [4.78, 5) is 2.06. The molecule has 1 N–H and O–H groups in total. The molecule has 0 spiro atoms. The lowest BCUT2D eigenvalue weighted by atomic mass is 10.2. The number of aromatic nitrogens is 2. The lowest BCUT2D eigenvalue weighted by Gasteiger charge is -2.25. The van der Waals surface area contributed by atoms with Crippen LogP contribution in [-0.2, 0) is 16.0 Å². The highest BCUT2D eigenvalue weighted by Crippen LogP contribution is 2.32. The highest BCUT2D eigenvalue weighted by Gasteiger charge is 2.23. The molecular formula is C25H32FN3O4. The smallest absolute Gasteiger partial charge is 0.227 e. The van der Waals surface area contributed by atoms with Gasteiger partial charge in [0.05, 0.1) is 36.3 Å². The van der Waals surface area contributed by atoms with Gasteiger partial charge in [-0.05, 0) is 38.1 Å². The molecule has 2 aromatic carbocycles. The van der Waals surface area contributed by atoms with E-state index in [2.05, 4.69) is 4.90 Å². The minimum Gasteiger partial charge on any atom is -0.435 e. The van der Waals surface area contributed by atoms with E-state index < -0.39 is 11.9 Å². The summed E-state index contributed by atoms with van der Waals surface area (Å²) in [5, 5.41) is 15.1. The van der Waals surface area contributed by atoms with E-state index in [1.54, 1.807) is 30.0 Å². The Kier molecular flexibility index (Phi) is 9.38. The van der Waals surface area contributed by atoms with Crippen LogP contribution in [0.1, 0.15) is 18.2 Å². The van der Waals surface area contributed by atoms with Crippen molar-refractivity contribution in [2.24, 2.45) is 0 Å². The molecule has 0 radical (unpaired) electrons. The molecule has 1 aromatic heterocycles. The summed E-state index contributed by atoms with van der Waals surface area (Å²) < 4.78 is 32.8. The van der Waals surface area contributed by atoms with Crippen LogP contribution in [0.25, 0.3) is 5.69 Å². The number of aryl methyl sites for hydroxylation is 1. The Hall–Kier alpha value is -2.78. The van der Waals surface area contributed by atoms with Gasteiger partial charge in [0.25, 0.3) is 0 Å². The van der Waals surface area contributed by atoms with Gasteiger partial charge in [-0.2, -0.15) is 5.10 Å². The van der Waals surface area contributed by atoms with Crippen molar-refractivity contribution in [2.45, 2.75) is 26.5 Å². The van der Waals surface area contributed by atoms with Crippen molar-refractivity contribution in [2.75, 3.05) is 40.0 Å². The van der Waals surface area contributed by atoms with E-state index in [1.165, 1.54) is 6.07 Å². The number of halogens is 1. The fourth-order valence-electron chi connectivity index (χ4n) is 3.48. The van der Waals surface area contributed by atoms with Crippen LogP contribution in [0.15, 0.2) is 54.6 Å². The Labute approximate surface area is 194 Å². The molecular weight excluding hydrogens is 425 g/mol. The van der Waals surface area contributed by atoms with Crippen molar-refractivity contribution in [3.05, 3.63) is 71.7 Å². The van der Waals surface area contributed by atoms with Gasteiger partial charge in [-0.15, -0.1) is 0 Å². The number of nitrogens with zero attached hydrogens (tertiary/aromatic N) is 3. The third-order valence-corrected chi connectivity index (χ3v) is 5.16. The van der Waals surface area contributed by atoms with E-state index in [1.807, 2.05) is 44.2 Å². The Balaban J connectivity index is 1.96. The van der Waals surface area contributed by atoms with Crippen molar-refractivity contribution in [1.82, 2.24) is 14.7 Å². The van der Waals surface area contributed by atoms with E-state index in [-0.39, 0.29) is 12.4 Å².